The second-order valence-electron chi connectivity index (χ2n) is 17.6. The average molecular weight is 961 g/mol. The zero-order chi connectivity index (χ0) is 48.2. The zero-order valence-electron chi connectivity index (χ0n) is 35.1. The molecule has 0 aromatic heterocycles. The maximum atomic E-state index is 14.3. The molecule has 0 saturated heterocycles. The number of fused-ring (bicyclic) bond motifs is 7. The average Bonchev–Trinajstić information content (AvgIpc) is 3.38. The van der Waals surface area contributed by atoms with Crippen LogP contribution in [0.4, 0.5) is 52.7 Å². The summed E-state index contributed by atoms with van der Waals surface area (Å²) in [7, 11) is -5.06. The number of alkyl halides is 12. The lowest BCUT2D eigenvalue weighted by molar-refractivity contribution is -0.144. The Kier molecular flexibility index (Phi) is 11.3. The van der Waals surface area contributed by atoms with Crippen molar-refractivity contribution >= 4 is 7.82 Å². The Hall–Kier alpha value is -5.57. The Morgan fingerprint density at radius 2 is 1.00 bits per heavy atom. The Balaban J connectivity index is 1.19. The smallest absolute Gasteiger partial charge is 0.403 e. The van der Waals surface area contributed by atoms with Crippen molar-refractivity contribution in [3.05, 3.63) is 171 Å². The van der Waals surface area contributed by atoms with Crippen molar-refractivity contribution in [3.63, 3.8) is 0 Å². The quantitative estimate of drug-likeness (QED) is 0.141. The first-order chi connectivity index (χ1) is 31.2. The van der Waals surface area contributed by atoms with Crippen LogP contribution in [0.5, 0.6) is 5.75 Å². The summed E-state index contributed by atoms with van der Waals surface area (Å²) < 4.78 is 192. The molecular formula is C50H37F12O4P. The molecule has 67 heavy (non-hydrogen) atoms. The predicted octanol–water partition coefficient (Wildman–Crippen LogP) is 15.5. The monoisotopic (exact) mass is 960 g/mol. The summed E-state index contributed by atoms with van der Waals surface area (Å²) in [5.74, 6) is -1.19. The maximum Gasteiger partial charge on any atom is 0.527 e. The van der Waals surface area contributed by atoms with E-state index in [-0.39, 0.29) is 58.4 Å². The summed E-state index contributed by atoms with van der Waals surface area (Å²) in [5.41, 5.74) is -1.43. The highest BCUT2D eigenvalue weighted by molar-refractivity contribution is 7.47. The molecule has 5 unspecified atom stereocenters. The van der Waals surface area contributed by atoms with Gasteiger partial charge in [0.1, 0.15) is 5.75 Å². The van der Waals surface area contributed by atoms with Crippen molar-refractivity contribution < 1.29 is 71.2 Å². The number of benzene rings is 6. The van der Waals surface area contributed by atoms with Crippen LogP contribution in [0, 0.1) is 11.8 Å². The lowest BCUT2D eigenvalue weighted by atomic mass is 9.66. The number of phosphoric acid groups is 1. The van der Waals surface area contributed by atoms with Gasteiger partial charge >= 0.3 is 32.5 Å². The molecule has 1 N–H and O–H groups in total. The molecule has 17 heteroatoms. The molecule has 0 bridgehead atoms. The molecule has 0 fully saturated rings. The first-order valence-electron chi connectivity index (χ1n) is 21.0. The summed E-state index contributed by atoms with van der Waals surface area (Å²) >= 11 is 0. The van der Waals surface area contributed by atoms with Gasteiger partial charge in [-0.1, -0.05) is 86.6 Å². The molecule has 0 spiro atoms. The van der Waals surface area contributed by atoms with Gasteiger partial charge in [-0.15, -0.1) is 0 Å². The normalized spacial score (nSPS) is 23.0. The van der Waals surface area contributed by atoms with Gasteiger partial charge in [-0.3, -0.25) is 9.42 Å². The molecule has 1 heterocycles. The van der Waals surface area contributed by atoms with Crippen LogP contribution in [0.2, 0.25) is 0 Å². The van der Waals surface area contributed by atoms with Gasteiger partial charge in [0, 0.05) is 23.0 Å². The molecule has 350 valence electrons. The Morgan fingerprint density at radius 3 is 1.51 bits per heavy atom. The molecule has 3 aliphatic rings. The summed E-state index contributed by atoms with van der Waals surface area (Å²) in [4.78, 5) is 11.6. The Morgan fingerprint density at radius 1 is 0.537 bits per heavy atom. The molecule has 1 aliphatic heterocycles. The number of hydrogen-bond donors (Lipinski definition) is 1. The zero-order valence-corrected chi connectivity index (χ0v) is 36.0. The van der Waals surface area contributed by atoms with E-state index < -0.39 is 72.7 Å². The second-order valence-corrected chi connectivity index (χ2v) is 18.9. The SMILES string of the molecule is CC1Cc2cc(-c3ccc(-c4cc(C(F)(F)F)cc(C(F)(F)F)c4)cc3)c3c(c2CC1C)[C@H]1c2ccccc2CC(c2ccc(-c4cc(C(F)(F)F)cc(C(F)(F)F)c4)cc2)C1OP(=O)(O)O3. The summed E-state index contributed by atoms with van der Waals surface area (Å²) in [5, 5.41) is 0. The molecule has 6 aromatic carbocycles. The van der Waals surface area contributed by atoms with E-state index in [0.717, 1.165) is 22.3 Å². The van der Waals surface area contributed by atoms with Crippen LogP contribution >= 0.6 is 7.82 Å². The van der Waals surface area contributed by atoms with E-state index in [2.05, 4.69) is 13.8 Å². The van der Waals surface area contributed by atoms with Crippen LogP contribution in [0.15, 0.2) is 115 Å². The predicted molar refractivity (Wildman–Crippen MR) is 225 cm³/mol. The van der Waals surface area contributed by atoms with Gasteiger partial charge in [-0.2, -0.15) is 52.7 Å². The maximum absolute atomic E-state index is 14.3. The molecule has 6 aromatic rings. The van der Waals surface area contributed by atoms with E-state index in [1.807, 2.05) is 24.3 Å². The minimum atomic E-state index is -5.07. The van der Waals surface area contributed by atoms with Gasteiger partial charge < -0.3 is 4.52 Å². The summed E-state index contributed by atoms with van der Waals surface area (Å²) in [6.45, 7) is 4.16. The molecule has 0 saturated carbocycles. The molecule has 6 atom stereocenters. The number of phosphoric ester groups is 1. The Labute approximate surface area is 375 Å². The van der Waals surface area contributed by atoms with Gasteiger partial charge in [0.2, 0.25) is 0 Å². The summed E-state index contributed by atoms with van der Waals surface area (Å²) in [6, 6.07) is 23.3. The minimum absolute atomic E-state index is 0.000768. The molecule has 9 rings (SSSR count). The first kappa shape index (κ1) is 46.5. The van der Waals surface area contributed by atoms with E-state index in [0.29, 0.717) is 59.4 Å². The van der Waals surface area contributed by atoms with Gasteiger partial charge in [-0.25, -0.2) is 4.57 Å². The summed E-state index contributed by atoms with van der Waals surface area (Å²) in [6.07, 6.45) is -20.1. The minimum Gasteiger partial charge on any atom is -0.403 e. The van der Waals surface area contributed by atoms with Crippen LogP contribution in [0.1, 0.15) is 81.3 Å². The van der Waals surface area contributed by atoms with Gasteiger partial charge in [-0.05, 0) is 129 Å². The molecule has 0 radical (unpaired) electrons. The fourth-order valence-electron chi connectivity index (χ4n) is 9.76. The van der Waals surface area contributed by atoms with Crippen molar-refractivity contribution in [2.45, 2.75) is 75.8 Å². The highest BCUT2D eigenvalue weighted by Crippen LogP contribution is 2.62. The van der Waals surface area contributed by atoms with Crippen LogP contribution in [0.25, 0.3) is 33.4 Å². The van der Waals surface area contributed by atoms with Crippen molar-refractivity contribution in [3.8, 4) is 39.1 Å². The number of rotatable bonds is 4. The van der Waals surface area contributed by atoms with Gasteiger partial charge in [0.25, 0.3) is 0 Å². The van der Waals surface area contributed by atoms with Crippen molar-refractivity contribution in [2.75, 3.05) is 0 Å². The largest absolute Gasteiger partial charge is 0.527 e. The second kappa shape index (κ2) is 16.3. The van der Waals surface area contributed by atoms with Crippen LogP contribution < -0.4 is 4.52 Å². The third-order valence-electron chi connectivity index (χ3n) is 13.3. The molecule has 0 amide bonds. The van der Waals surface area contributed by atoms with Crippen molar-refractivity contribution in [1.29, 1.82) is 0 Å². The fourth-order valence-corrected chi connectivity index (χ4v) is 10.8. The lowest BCUT2D eigenvalue weighted by Crippen LogP contribution is -2.36. The highest BCUT2D eigenvalue weighted by Gasteiger charge is 2.50. The van der Waals surface area contributed by atoms with Gasteiger partial charge in [0.15, 0.2) is 0 Å². The van der Waals surface area contributed by atoms with Crippen molar-refractivity contribution in [1.82, 2.24) is 0 Å². The van der Waals surface area contributed by atoms with E-state index in [9.17, 15) is 62.1 Å². The molecule has 2 aliphatic carbocycles. The van der Waals surface area contributed by atoms with Crippen molar-refractivity contribution in [2.24, 2.45) is 11.8 Å². The van der Waals surface area contributed by atoms with Gasteiger partial charge in [0.05, 0.1) is 28.4 Å². The van der Waals surface area contributed by atoms with E-state index in [1.54, 1.807) is 6.07 Å². The van der Waals surface area contributed by atoms with E-state index in [4.69, 9.17) is 9.05 Å². The third kappa shape index (κ3) is 9.00. The molecule has 4 nitrogen and oxygen atoms in total. The number of hydrogen-bond acceptors (Lipinski definition) is 3. The first-order valence-corrected chi connectivity index (χ1v) is 22.5. The number of halogens is 12. The van der Waals surface area contributed by atoms with E-state index >= 15 is 0 Å². The third-order valence-corrected chi connectivity index (χ3v) is 14.2. The topological polar surface area (TPSA) is 55.8 Å². The van der Waals surface area contributed by atoms with Crippen LogP contribution in [-0.4, -0.2) is 11.0 Å². The fraction of sp³-hybridized carbons (Fsp3) is 0.280. The highest BCUT2D eigenvalue weighted by atomic mass is 31.2. The van der Waals surface area contributed by atoms with Crippen LogP contribution in [0.3, 0.4) is 0 Å². The van der Waals surface area contributed by atoms with Crippen LogP contribution in [-0.2, 0) is 53.1 Å². The lowest BCUT2D eigenvalue weighted by Gasteiger charge is -2.40. The Bertz CT molecular complexity index is 2870. The van der Waals surface area contributed by atoms with E-state index in [1.165, 1.54) is 48.5 Å². The standard InChI is InChI=1S/C50H37F12O4P/c1-25-15-34-22-42(30-13-9-28(10-14-30)33-19-37(49(57,58)59)24-38(20-33)50(60,61)62)46-44(40(34)16-26(25)2)43-39-6-4-3-5-31(39)21-41(45(43)65-67(63,64)66-46)29-11-7-27(8-12-29)32-17-35(47(51,52)53)23-36(18-32)48(54,55)56/h3-14,17-20,22-26,41,43,45H,15-16,21H2,1-2H3,(H,63,64)/t25?,26?,41?,43-,45?/m1/s1. The molecular weight excluding hydrogens is 923 g/mol.